The summed E-state index contributed by atoms with van der Waals surface area (Å²) in [6.07, 6.45) is 9.31. The molecule has 0 saturated heterocycles. The fraction of sp³-hybridized carbons (Fsp3) is 0.619. The van der Waals surface area contributed by atoms with Gasteiger partial charge in [-0.05, 0) is 62.0 Å². The second-order valence-electron chi connectivity index (χ2n) is 7.67. The maximum atomic E-state index is 13.7. The Kier molecular flexibility index (Phi) is 5.73. The highest BCUT2D eigenvalue weighted by molar-refractivity contribution is 5.75. The monoisotopic (exact) mass is 343 g/mol. The fourth-order valence-electron chi connectivity index (χ4n) is 4.72. The van der Waals surface area contributed by atoms with Crippen molar-refractivity contribution in [3.63, 3.8) is 0 Å². The van der Waals surface area contributed by atoms with Crippen LogP contribution in [0, 0.1) is 40.8 Å². The SMILES string of the molecule is CCCC1CCC2CC(C(=O)Oc3ccc(C#N)c(F)c3)CCC2C1. The third kappa shape index (κ3) is 4.21. The lowest BCUT2D eigenvalue weighted by Gasteiger charge is -2.41. The van der Waals surface area contributed by atoms with Gasteiger partial charge in [-0.3, -0.25) is 4.79 Å². The highest BCUT2D eigenvalue weighted by Gasteiger charge is 2.38. The summed E-state index contributed by atoms with van der Waals surface area (Å²) in [7, 11) is 0. The number of hydrogen-bond donors (Lipinski definition) is 0. The van der Waals surface area contributed by atoms with E-state index < -0.39 is 5.82 Å². The van der Waals surface area contributed by atoms with Gasteiger partial charge in [-0.25, -0.2) is 4.39 Å². The Balaban J connectivity index is 1.56. The van der Waals surface area contributed by atoms with E-state index in [1.165, 1.54) is 44.2 Å². The molecule has 4 atom stereocenters. The van der Waals surface area contributed by atoms with Crippen LogP contribution < -0.4 is 4.74 Å². The van der Waals surface area contributed by atoms with Crippen LogP contribution in [0.1, 0.15) is 63.9 Å². The molecular formula is C21H26FNO2. The zero-order valence-corrected chi connectivity index (χ0v) is 14.8. The van der Waals surface area contributed by atoms with Crippen molar-refractivity contribution in [2.24, 2.45) is 23.7 Å². The Morgan fingerprint density at radius 3 is 2.72 bits per heavy atom. The van der Waals surface area contributed by atoms with Crippen LogP contribution in [0.4, 0.5) is 4.39 Å². The van der Waals surface area contributed by atoms with E-state index in [1.54, 1.807) is 6.07 Å². The molecule has 0 amide bonds. The number of nitrogens with zero attached hydrogens (tertiary/aromatic N) is 1. The van der Waals surface area contributed by atoms with Crippen molar-refractivity contribution in [2.45, 2.75) is 58.3 Å². The van der Waals surface area contributed by atoms with Gasteiger partial charge in [-0.1, -0.05) is 26.2 Å². The summed E-state index contributed by atoms with van der Waals surface area (Å²) in [5, 5.41) is 8.76. The predicted molar refractivity (Wildman–Crippen MR) is 93.3 cm³/mol. The van der Waals surface area contributed by atoms with Crippen LogP contribution >= 0.6 is 0 Å². The maximum absolute atomic E-state index is 13.7. The van der Waals surface area contributed by atoms with Gasteiger partial charge >= 0.3 is 5.97 Å². The number of nitriles is 1. The molecule has 2 aliphatic carbocycles. The van der Waals surface area contributed by atoms with Crippen molar-refractivity contribution in [1.82, 2.24) is 0 Å². The third-order valence-corrected chi connectivity index (χ3v) is 6.03. The van der Waals surface area contributed by atoms with E-state index in [4.69, 9.17) is 10.00 Å². The van der Waals surface area contributed by atoms with Crippen molar-refractivity contribution in [3.05, 3.63) is 29.6 Å². The third-order valence-electron chi connectivity index (χ3n) is 6.03. The van der Waals surface area contributed by atoms with Gasteiger partial charge in [0.2, 0.25) is 0 Å². The molecular weight excluding hydrogens is 317 g/mol. The summed E-state index contributed by atoms with van der Waals surface area (Å²) in [4.78, 5) is 12.5. The van der Waals surface area contributed by atoms with Gasteiger partial charge in [-0.15, -0.1) is 0 Å². The molecule has 0 bridgehead atoms. The number of halogens is 1. The van der Waals surface area contributed by atoms with Crippen LogP contribution in [0.25, 0.3) is 0 Å². The predicted octanol–water partition coefficient (Wildman–Crippen LogP) is 5.24. The molecule has 3 nitrogen and oxygen atoms in total. The van der Waals surface area contributed by atoms with Crippen LogP contribution in [0.15, 0.2) is 18.2 Å². The topological polar surface area (TPSA) is 50.1 Å². The normalized spacial score (nSPS) is 28.7. The second kappa shape index (κ2) is 7.99. The Labute approximate surface area is 149 Å². The molecule has 4 unspecified atom stereocenters. The van der Waals surface area contributed by atoms with Gasteiger partial charge in [0.1, 0.15) is 17.6 Å². The maximum Gasteiger partial charge on any atom is 0.314 e. The molecule has 134 valence electrons. The van der Waals surface area contributed by atoms with Crippen molar-refractivity contribution in [2.75, 3.05) is 0 Å². The quantitative estimate of drug-likeness (QED) is 0.555. The first-order valence-electron chi connectivity index (χ1n) is 9.52. The molecule has 4 heteroatoms. The summed E-state index contributed by atoms with van der Waals surface area (Å²) in [6, 6.07) is 5.73. The smallest absolute Gasteiger partial charge is 0.314 e. The van der Waals surface area contributed by atoms with Gasteiger partial charge in [0.05, 0.1) is 11.5 Å². The average molecular weight is 343 g/mol. The molecule has 2 aliphatic rings. The van der Waals surface area contributed by atoms with E-state index in [2.05, 4.69) is 6.92 Å². The Morgan fingerprint density at radius 2 is 2.00 bits per heavy atom. The lowest BCUT2D eigenvalue weighted by molar-refractivity contribution is -0.141. The fourth-order valence-corrected chi connectivity index (χ4v) is 4.72. The molecule has 25 heavy (non-hydrogen) atoms. The number of ether oxygens (including phenoxy) is 1. The van der Waals surface area contributed by atoms with E-state index in [9.17, 15) is 9.18 Å². The van der Waals surface area contributed by atoms with Crippen LogP contribution in [0.2, 0.25) is 0 Å². The minimum atomic E-state index is -0.647. The number of carbonyl (C=O) groups excluding carboxylic acids is 1. The molecule has 2 saturated carbocycles. The number of carbonyl (C=O) groups is 1. The van der Waals surface area contributed by atoms with E-state index in [1.807, 2.05) is 0 Å². The molecule has 0 N–H and O–H groups in total. The second-order valence-corrected chi connectivity index (χ2v) is 7.67. The minimum Gasteiger partial charge on any atom is -0.426 e. The molecule has 0 aliphatic heterocycles. The van der Waals surface area contributed by atoms with Gasteiger partial charge in [0, 0.05) is 6.07 Å². The number of rotatable bonds is 4. The van der Waals surface area contributed by atoms with Crippen molar-refractivity contribution in [3.8, 4) is 11.8 Å². The summed E-state index contributed by atoms with van der Waals surface area (Å²) in [6.45, 7) is 2.25. The van der Waals surface area contributed by atoms with Crippen LogP contribution in [-0.2, 0) is 4.79 Å². The minimum absolute atomic E-state index is 0.0378. The van der Waals surface area contributed by atoms with Gasteiger partial charge in [-0.2, -0.15) is 5.26 Å². The van der Waals surface area contributed by atoms with Gasteiger partial charge in [0.25, 0.3) is 0 Å². The van der Waals surface area contributed by atoms with E-state index >= 15 is 0 Å². The Bertz CT molecular complexity index is 666. The first-order valence-corrected chi connectivity index (χ1v) is 9.52. The summed E-state index contributed by atoms with van der Waals surface area (Å²) < 4.78 is 19.0. The molecule has 0 aromatic heterocycles. The molecule has 3 rings (SSSR count). The standard InChI is InChI=1S/C21H26FNO2/c1-2-3-14-4-5-16-11-17(7-6-15(16)10-14)21(24)25-19-9-8-18(13-23)20(22)12-19/h8-9,12,14-17H,2-7,10-11H2,1H3. The summed E-state index contributed by atoms with van der Waals surface area (Å²) >= 11 is 0. The molecule has 1 aromatic carbocycles. The van der Waals surface area contributed by atoms with E-state index in [0.717, 1.165) is 37.2 Å². The Morgan fingerprint density at radius 1 is 1.24 bits per heavy atom. The van der Waals surface area contributed by atoms with Crippen molar-refractivity contribution < 1.29 is 13.9 Å². The lowest BCUT2D eigenvalue weighted by atomic mass is 9.64. The molecule has 0 spiro atoms. The van der Waals surface area contributed by atoms with E-state index in [-0.39, 0.29) is 23.2 Å². The zero-order valence-electron chi connectivity index (χ0n) is 14.8. The van der Waals surface area contributed by atoms with Crippen molar-refractivity contribution in [1.29, 1.82) is 5.26 Å². The zero-order chi connectivity index (χ0) is 17.8. The summed E-state index contributed by atoms with van der Waals surface area (Å²) in [5.74, 6) is 1.48. The Hall–Kier alpha value is -1.89. The number of hydrogen-bond acceptors (Lipinski definition) is 3. The molecule has 0 radical (unpaired) electrons. The van der Waals surface area contributed by atoms with Crippen LogP contribution in [-0.4, -0.2) is 5.97 Å². The van der Waals surface area contributed by atoms with Crippen LogP contribution in [0.3, 0.4) is 0 Å². The van der Waals surface area contributed by atoms with Crippen LogP contribution in [0.5, 0.6) is 5.75 Å². The summed E-state index contributed by atoms with van der Waals surface area (Å²) in [5.41, 5.74) is -0.0378. The highest BCUT2D eigenvalue weighted by atomic mass is 19.1. The molecule has 2 fully saturated rings. The first kappa shape index (κ1) is 17.9. The highest BCUT2D eigenvalue weighted by Crippen LogP contribution is 2.45. The first-order chi connectivity index (χ1) is 12.1. The lowest BCUT2D eigenvalue weighted by Crippen LogP contribution is -2.35. The molecule has 1 aromatic rings. The number of benzene rings is 1. The van der Waals surface area contributed by atoms with Gasteiger partial charge < -0.3 is 4.74 Å². The van der Waals surface area contributed by atoms with Gasteiger partial charge in [0.15, 0.2) is 0 Å². The number of esters is 1. The van der Waals surface area contributed by atoms with Crippen molar-refractivity contribution >= 4 is 5.97 Å². The average Bonchev–Trinajstić information content (AvgIpc) is 2.61. The molecule has 0 heterocycles. The largest absolute Gasteiger partial charge is 0.426 e. The number of fused-ring (bicyclic) bond motifs is 1. The van der Waals surface area contributed by atoms with E-state index in [0.29, 0.717) is 5.92 Å².